The molecule has 0 saturated carbocycles. The highest BCUT2D eigenvalue weighted by Crippen LogP contribution is 2.25. The van der Waals surface area contributed by atoms with Gasteiger partial charge < -0.3 is 10.5 Å². The minimum absolute atomic E-state index is 0.268. The third-order valence-electron chi connectivity index (χ3n) is 2.52. The molecule has 0 fully saturated rings. The minimum atomic E-state index is -0.377. The predicted octanol–water partition coefficient (Wildman–Crippen LogP) is 3.52. The summed E-state index contributed by atoms with van der Waals surface area (Å²) in [5.74, 6) is 0.0914. The Morgan fingerprint density at radius 3 is 2.61 bits per heavy atom. The Kier molecular flexibility index (Phi) is 4.18. The second-order valence-electron chi connectivity index (χ2n) is 3.89. The van der Waals surface area contributed by atoms with Crippen LogP contribution in [0, 0.1) is 5.82 Å². The lowest BCUT2D eigenvalue weighted by Crippen LogP contribution is -2.00. The summed E-state index contributed by atoms with van der Waals surface area (Å²) in [5, 5.41) is 0.268. The van der Waals surface area contributed by atoms with E-state index >= 15 is 0 Å². The first kappa shape index (κ1) is 12.9. The van der Waals surface area contributed by atoms with Crippen molar-refractivity contribution in [3.8, 4) is 5.75 Å². The molecule has 0 heterocycles. The molecule has 0 aliphatic heterocycles. The highest BCUT2D eigenvalue weighted by Gasteiger charge is 2.03. The maximum atomic E-state index is 12.9. The summed E-state index contributed by atoms with van der Waals surface area (Å²) in [6, 6.07) is 11.9. The Morgan fingerprint density at radius 1 is 1.11 bits per heavy atom. The normalized spacial score (nSPS) is 10.4. The van der Waals surface area contributed by atoms with Crippen molar-refractivity contribution in [1.29, 1.82) is 0 Å². The van der Waals surface area contributed by atoms with Gasteiger partial charge in [-0.15, -0.1) is 0 Å². The molecule has 2 nitrogen and oxygen atoms in total. The van der Waals surface area contributed by atoms with Crippen molar-refractivity contribution in [2.45, 2.75) is 13.2 Å². The number of rotatable bonds is 4. The molecule has 0 aliphatic carbocycles. The van der Waals surface area contributed by atoms with E-state index in [0.717, 1.165) is 11.1 Å². The highest BCUT2D eigenvalue weighted by atomic mass is 35.5. The van der Waals surface area contributed by atoms with E-state index in [-0.39, 0.29) is 10.8 Å². The second kappa shape index (κ2) is 5.85. The van der Waals surface area contributed by atoms with Crippen LogP contribution < -0.4 is 10.5 Å². The second-order valence-corrected chi connectivity index (χ2v) is 4.29. The summed E-state index contributed by atoms with van der Waals surface area (Å²) in [4.78, 5) is 0. The average molecular weight is 266 g/mol. The van der Waals surface area contributed by atoms with Gasteiger partial charge in [0.05, 0.1) is 5.02 Å². The third-order valence-corrected chi connectivity index (χ3v) is 2.81. The smallest absolute Gasteiger partial charge is 0.138 e. The van der Waals surface area contributed by atoms with E-state index in [2.05, 4.69) is 0 Å². The lowest BCUT2D eigenvalue weighted by molar-refractivity contribution is 0.306. The van der Waals surface area contributed by atoms with Gasteiger partial charge >= 0.3 is 0 Å². The molecule has 0 amide bonds. The van der Waals surface area contributed by atoms with Crippen LogP contribution in [0.5, 0.6) is 5.75 Å². The molecule has 2 aromatic carbocycles. The number of hydrogen-bond donors (Lipinski definition) is 1. The van der Waals surface area contributed by atoms with Gasteiger partial charge in [0.2, 0.25) is 0 Å². The van der Waals surface area contributed by atoms with Gasteiger partial charge in [-0.2, -0.15) is 0 Å². The molecule has 2 N–H and O–H groups in total. The summed E-state index contributed by atoms with van der Waals surface area (Å²) in [7, 11) is 0. The molecule has 0 aromatic heterocycles. The lowest BCUT2D eigenvalue weighted by Gasteiger charge is -2.09. The summed E-state index contributed by atoms with van der Waals surface area (Å²) in [6.07, 6.45) is 0. The molecule has 4 heteroatoms. The maximum absolute atomic E-state index is 12.9. The van der Waals surface area contributed by atoms with Crippen LogP contribution in [0.2, 0.25) is 5.02 Å². The van der Waals surface area contributed by atoms with Crippen LogP contribution >= 0.6 is 11.6 Å². The molecular weight excluding hydrogens is 253 g/mol. The molecule has 2 aromatic rings. The first-order valence-corrected chi connectivity index (χ1v) is 5.92. The Balaban J connectivity index is 2.06. The quantitative estimate of drug-likeness (QED) is 0.918. The topological polar surface area (TPSA) is 35.2 Å². The van der Waals surface area contributed by atoms with Gasteiger partial charge in [-0.1, -0.05) is 35.9 Å². The van der Waals surface area contributed by atoms with Crippen molar-refractivity contribution in [3.05, 3.63) is 64.4 Å². The number of ether oxygens (including phenoxy) is 1. The van der Waals surface area contributed by atoms with Crippen LogP contribution in [0.15, 0.2) is 42.5 Å². The van der Waals surface area contributed by atoms with Gasteiger partial charge in [-0.05, 0) is 29.3 Å². The molecule has 2 rings (SSSR count). The molecular formula is C14H13ClFNO. The van der Waals surface area contributed by atoms with Crippen LogP contribution in [-0.2, 0) is 13.2 Å². The van der Waals surface area contributed by atoms with Gasteiger partial charge in [0.1, 0.15) is 18.2 Å². The van der Waals surface area contributed by atoms with Crippen LogP contribution in [0.25, 0.3) is 0 Å². The van der Waals surface area contributed by atoms with E-state index < -0.39 is 0 Å². The van der Waals surface area contributed by atoms with Crippen molar-refractivity contribution >= 4 is 11.6 Å². The van der Waals surface area contributed by atoms with Gasteiger partial charge in [0.25, 0.3) is 0 Å². The summed E-state index contributed by atoms with van der Waals surface area (Å²) >= 11 is 5.87. The number of nitrogens with two attached hydrogens (primary N) is 1. The Hall–Kier alpha value is -1.58. The molecule has 94 valence electrons. The van der Waals surface area contributed by atoms with Crippen molar-refractivity contribution in [2.24, 2.45) is 5.73 Å². The van der Waals surface area contributed by atoms with Gasteiger partial charge in [-0.25, -0.2) is 4.39 Å². The Bertz CT molecular complexity index is 545. The van der Waals surface area contributed by atoms with Crippen LogP contribution in [0.1, 0.15) is 11.1 Å². The van der Waals surface area contributed by atoms with Gasteiger partial charge in [0.15, 0.2) is 0 Å². The SMILES string of the molecule is NCc1cccc(COc2ccc(F)cc2Cl)c1. The largest absolute Gasteiger partial charge is 0.487 e. The first-order chi connectivity index (χ1) is 8.69. The minimum Gasteiger partial charge on any atom is -0.487 e. The molecule has 0 spiro atoms. The zero-order valence-electron chi connectivity index (χ0n) is 9.70. The zero-order chi connectivity index (χ0) is 13.0. The van der Waals surface area contributed by atoms with Gasteiger partial charge in [0, 0.05) is 6.54 Å². The number of hydrogen-bond acceptors (Lipinski definition) is 2. The molecule has 0 unspecified atom stereocenters. The van der Waals surface area contributed by atoms with Crippen LogP contribution in [0.3, 0.4) is 0 Å². The molecule has 0 saturated heterocycles. The Labute approximate surface area is 110 Å². The standard InChI is InChI=1S/C14H13ClFNO/c15-13-7-12(16)4-5-14(13)18-9-11-3-1-2-10(6-11)8-17/h1-7H,8-9,17H2. The lowest BCUT2D eigenvalue weighted by atomic mass is 10.1. The maximum Gasteiger partial charge on any atom is 0.138 e. The van der Waals surface area contributed by atoms with Gasteiger partial charge in [-0.3, -0.25) is 0 Å². The molecule has 0 atom stereocenters. The fourth-order valence-corrected chi connectivity index (χ4v) is 1.82. The molecule has 0 bridgehead atoms. The van der Waals surface area contributed by atoms with E-state index in [9.17, 15) is 4.39 Å². The van der Waals surface area contributed by atoms with E-state index in [1.165, 1.54) is 18.2 Å². The molecule has 0 radical (unpaired) electrons. The molecule has 0 aliphatic rings. The van der Waals surface area contributed by atoms with Crippen LogP contribution in [-0.4, -0.2) is 0 Å². The van der Waals surface area contributed by atoms with E-state index in [4.69, 9.17) is 22.1 Å². The van der Waals surface area contributed by atoms with E-state index in [0.29, 0.717) is 18.9 Å². The number of halogens is 2. The summed E-state index contributed by atoms with van der Waals surface area (Å²) in [5.41, 5.74) is 7.60. The number of benzene rings is 2. The van der Waals surface area contributed by atoms with Crippen molar-refractivity contribution in [1.82, 2.24) is 0 Å². The van der Waals surface area contributed by atoms with Crippen LogP contribution in [0.4, 0.5) is 4.39 Å². The van der Waals surface area contributed by atoms with E-state index in [1.54, 1.807) is 0 Å². The Morgan fingerprint density at radius 2 is 1.89 bits per heavy atom. The van der Waals surface area contributed by atoms with E-state index in [1.807, 2.05) is 24.3 Å². The predicted molar refractivity (Wildman–Crippen MR) is 70.1 cm³/mol. The summed E-state index contributed by atoms with van der Waals surface area (Å²) < 4.78 is 18.4. The van der Waals surface area contributed by atoms with Crippen molar-refractivity contribution in [2.75, 3.05) is 0 Å². The zero-order valence-corrected chi connectivity index (χ0v) is 10.5. The first-order valence-electron chi connectivity index (χ1n) is 5.55. The third kappa shape index (κ3) is 3.22. The fourth-order valence-electron chi connectivity index (χ4n) is 1.60. The van der Waals surface area contributed by atoms with Crippen molar-refractivity contribution in [3.63, 3.8) is 0 Å². The molecule has 18 heavy (non-hydrogen) atoms. The summed E-state index contributed by atoms with van der Waals surface area (Å²) in [6.45, 7) is 0.865. The van der Waals surface area contributed by atoms with Crippen molar-refractivity contribution < 1.29 is 9.13 Å². The fraction of sp³-hybridized carbons (Fsp3) is 0.143. The monoisotopic (exact) mass is 265 g/mol. The highest BCUT2D eigenvalue weighted by molar-refractivity contribution is 6.32. The average Bonchev–Trinajstić information content (AvgIpc) is 2.38.